The van der Waals surface area contributed by atoms with E-state index in [1.807, 2.05) is 18.2 Å². The van der Waals surface area contributed by atoms with Gasteiger partial charge in [0.05, 0.1) is 19.6 Å². The molecule has 12 heteroatoms. The van der Waals surface area contributed by atoms with E-state index in [0.29, 0.717) is 12.8 Å². The Balaban J connectivity index is 3.92. The van der Waals surface area contributed by atoms with E-state index >= 15 is 0 Å². The van der Waals surface area contributed by atoms with Crippen molar-refractivity contribution in [3.05, 3.63) is 85.1 Å². The third-order valence-electron chi connectivity index (χ3n) is 11.0. The number of carboxylic acids is 1. The third-order valence-corrected chi connectivity index (χ3v) is 11.9. The van der Waals surface area contributed by atoms with Crippen molar-refractivity contribution in [3.8, 4) is 0 Å². The number of amides is 1. The number of aliphatic carboxylic acids is 1. The Morgan fingerprint density at radius 2 is 0.836 bits per heavy atom. The Bertz CT molecular complexity index is 1450. The molecule has 0 bridgehead atoms. The molecule has 4 N–H and O–H groups in total. The molecule has 1 amide bonds. The highest BCUT2D eigenvalue weighted by Gasteiger charge is 2.28. The Hall–Kier alpha value is -3.34. The number of esters is 1. The van der Waals surface area contributed by atoms with E-state index in [0.717, 1.165) is 57.8 Å². The highest BCUT2D eigenvalue weighted by Crippen LogP contribution is 2.43. The number of phosphoric acid groups is 1. The van der Waals surface area contributed by atoms with Gasteiger partial charge in [-0.3, -0.25) is 18.6 Å². The van der Waals surface area contributed by atoms with Gasteiger partial charge >= 0.3 is 19.8 Å². The number of unbranched alkanes of at least 4 members (excludes halogenated alkanes) is 21. The quantitative estimate of drug-likeness (QED) is 0.0199. The summed E-state index contributed by atoms with van der Waals surface area (Å²) in [5, 5.41) is 21.9. The highest BCUT2D eigenvalue weighted by molar-refractivity contribution is 7.47. The summed E-state index contributed by atoms with van der Waals surface area (Å²) < 4.78 is 26.8. The van der Waals surface area contributed by atoms with E-state index in [9.17, 15) is 34.1 Å². The summed E-state index contributed by atoms with van der Waals surface area (Å²) in [6.45, 7) is 2.41. The number of hydrogen-bond donors (Lipinski definition) is 4. The lowest BCUT2D eigenvalue weighted by molar-refractivity contribution is -0.146. The molecule has 0 aromatic carbocycles. The van der Waals surface area contributed by atoms with Gasteiger partial charge in [0.25, 0.3) is 0 Å². The van der Waals surface area contributed by atoms with Crippen LogP contribution in [0.5, 0.6) is 0 Å². The minimum atomic E-state index is -4.79. The molecule has 0 rings (SSSR count). The molecular weight excluding hydrogens is 866 g/mol. The van der Waals surface area contributed by atoms with Crippen LogP contribution in [0.25, 0.3) is 0 Å². The summed E-state index contributed by atoms with van der Waals surface area (Å²) in [5.74, 6) is -2.51. The number of ether oxygens (including phenoxy) is 1. The SMILES string of the molecule is CC/C=C\C/C=C\C/C=C\C/C=C\C/C=C\C/C=C\C/C=C\CC(=O)OCC(O)COP(=O)(O)OCC(NC(=O)CCCCCCCCCCCCCCCCCCCCCCCC)C(=O)O. The lowest BCUT2D eigenvalue weighted by Gasteiger charge is -2.18. The van der Waals surface area contributed by atoms with Crippen LogP contribution in [-0.4, -0.2) is 64.9 Å². The normalized spacial score (nSPS) is 14.2. The molecule has 0 saturated heterocycles. The molecule has 0 aliphatic carbocycles. The smallest absolute Gasteiger partial charge is 0.472 e. The first kappa shape index (κ1) is 63.7. The van der Waals surface area contributed by atoms with Gasteiger partial charge in [0, 0.05) is 6.42 Å². The van der Waals surface area contributed by atoms with Crippen LogP contribution >= 0.6 is 7.82 Å². The number of nitrogens with one attached hydrogen (secondary N) is 1. The van der Waals surface area contributed by atoms with E-state index in [1.165, 1.54) is 116 Å². The fourth-order valence-electron chi connectivity index (χ4n) is 6.99. The van der Waals surface area contributed by atoms with Gasteiger partial charge in [-0.05, 0) is 51.4 Å². The number of carbonyl (C=O) groups excluding carboxylic acids is 2. The summed E-state index contributed by atoms with van der Waals surface area (Å²) in [6, 6.07) is -1.56. The predicted octanol–water partition coefficient (Wildman–Crippen LogP) is 14.6. The van der Waals surface area contributed by atoms with E-state index in [1.54, 1.807) is 6.08 Å². The molecular formula is C55H94NO10P. The molecule has 0 heterocycles. The molecule has 0 radical (unpaired) electrons. The number of aliphatic hydroxyl groups is 1. The monoisotopic (exact) mass is 960 g/mol. The summed E-state index contributed by atoms with van der Waals surface area (Å²) >= 11 is 0. The predicted molar refractivity (Wildman–Crippen MR) is 277 cm³/mol. The van der Waals surface area contributed by atoms with Crippen molar-refractivity contribution >= 4 is 25.7 Å². The fourth-order valence-corrected chi connectivity index (χ4v) is 7.76. The first-order valence-electron chi connectivity index (χ1n) is 26.1. The minimum Gasteiger partial charge on any atom is -0.480 e. The van der Waals surface area contributed by atoms with Crippen molar-refractivity contribution in [2.45, 2.75) is 225 Å². The second-order valence-corrected chi connectivity index (χ2v) is 18.8. The fraction of sp³-hybridized carbons (Fsp3) is 0.691. The lowest BCUT2D eigenvalue weighted by Crippen LogP contribution is -2.43. The van der Waals surface area contributed by atoms with Crippen molar-refractivity contribution in [3.63, 3.8) is 0 Å². The second-order valence-electron chi connectivity index (χ2n) is 17.4. The minimum absolute atomic E-state index is 0.0142. The van der Waals surface area contributed by atoms with Crippen molar-refractivity contribution in [2.24, 2.45) is 0 Å². The van der Waals surface area contributed by atoms with E-state index < -0.39 is 57.6 Å². The van der Waals surface area contributed by atoms with Crippen LogP contribution in [0.4, 0.5) is 0 Å². The van der Waals surface area contributed by atoms with Crippen molar-refractivity contribution in [1.82, 2.24) is 5.32 Å². The number of hydrogen-bond acceptors (Lipinski definition) is 8. The molecule has 3 atom stereocenters. The summed E-state index contributed by atoms with van der Waals surface area (Å²) in [6.07, 6.45) is 62.1. The van der Waals surface area contributed by atoms with Gasteiger partial charge in [0.1, 0.15) is 12.7 Å². The zero-order valence-electron chi connectivity index (χ0n) is 41.9. The molecule has 0 saturated carbocycles. The average molecular weight is 960 g/mol. The van der Waals surface area contributed by atoms with Crippen LogP contribution in [0.15, 0.2) is 85.1 Å². The van der Waals surface area contributed by atoms with Crippen LogP contribution in [0.1, 0.15) is 213 Å². The van der Waals surface area contributed by atoms with Crippen LogP contribution in [-0.2, 0) is 32.7 Å². The Morgan fingerprint density at radius 1 is 0.493 bits per heavy atom. The van der Waals surface area contributed by atoms with Gasteiger partial charge in [-0.15, -0.1) is 0 Å². The largest absolute Gasteiger partial charge is 0.480 e. The average Bonchev–Trinajstić information content (AvgIpc) is 3.31. The Labute approximate surface area is 407 Å². The molecule has 384 valence electrons. The molecule has 11 nitrogen and oxygen atoms in total. The Morgan fingerprint density at radius 3 is 1.21 bits per heavy atom. The number of allylic oxidation sites excluding steroid dienone is 13. The first-order chi connectivity index (χ1) is 32.6. The van der Waals surface area contributed by atoms with Crippen molar-refractivity contribution < 1.29 is 47.8 Å². The standard InChI is InChI=1S/C55H94NO10P/c1-3-5-7-9-11-13-15-17-19-21-23-25-27-28-30-32-34-36-38-40-42-44-46-53(58)56-52(55(60)61)50-66-67(62,63)65-49-51(57)48-64-54(59)47-45-43-41-39-37-35-33-31-29-26-24-22-20-18-16-14-12-10-8-6-4-2/h6,8,12,14,18,20,24,26,31,33,37,39,43,45,51-52,57H,3-5,7,9-11,13,15-17,19,21-23,25,27-30,32,34-36,38,40-42,44,46-50H2,1-2H3,(H,56,58)(H,60,61)(H,62,63)/b8-6-,14-12-,20-18-,26-24-,33-31-,39-37-,45-43-. The molecule has 0 aromatic heterocycles. The number of aliphatic hydroxyl groups excluding tert-OH is 1. The van der Waals surface area contributed by atoms with Crippen molar-refractivity contribution in [2.75, 3.05) is 19.8 Å². The zero-order valence-corrected chi connectivity index (χ0v) is 42.8. The highest BCUT2D eigenvalue weighted by atomic mass is 31.2. The van der Waals surface area contributed by atoms with Crippen LogP contribution < -0.4 is 5.32 Å². The zero-order chi connectivity index (χ0) is 49.2. The van der Waals surface area contributed by atoms with Crippen LogP contribution in [0.2, 0.25) is 0 Å². The second kappa shape index (κ2) is 49.1. The maximum absolute atomic E-state index is 12.4. The number of carbonyl (C=O) groups is 3. The number of rotatable bonds is 48. The Kier molecular flexibility index (Phi) is 46.6. The van der Waals surface area contributed by atoms with E-state index in [2.05, 4.69) is 79.9 Å². The molecule has 3 unspecified atom stereocenters. The van der Waals surface area contributed by atoms with Gasteiger partial charge in [0.2, 0.25) is 5.91 Å². The molecule has 0 aliphatic heterocycles. The first-order valence-corrected chi connectivity index (χ1v) is 27.6. The maximum Gasteiger partial charge on any atom is 0.472 e. The van der Waals surface area contributed by atoms with Gasteiger partial charge < -0.3 is 25.2 Å². The van der Waals surface area contributed by atoms with Crippen LogP contribution in [0.3, 0.4) is 0 Å². The van der Waals surface area contributed by atoms with E-state index in [4.69, 9.17) is 13.8 Å². The summed E-state index contributed by atoms with van der Waals surface area (Å²) in [5.41, 5.74) is 0. The number of carboxylic acid groups (broad SMARTS) is 1. The molecule has 0 aliphatic rings. The number of phosphoric ester groups is 1. The molecule has 67 heavy (non-hydrogen) atoms. The maximum atomic E-state index is 12.4. The lowest BCUT2D eigenvalue weighted by atomic mass is 10.0. The molecule has 0 spiro atoms. The van der Waals surface area contributed by atoms with Gasteiger partial charge in [0.15, 0.2) is 6.04 Å². The summed E-state index contributed by atoms with van der Waals surface area (Å²) in [4.78, 5) is 46.1. The molecule has 0 aromatic rings. The van der Waals surface area contributed by atoms with Gasteiger partial charge in [-0.25, -0.2) is 9.36 Å². The summed E-state index contributed by atoms with van der Waals surface area (Å²) in [7, 11) is -4.79. The van der Waals surface area contributed by atoms with Gasteiger partial charge in [-0.1, -0.05) is 234 Å². The topological polar surface area (TPSA) is 169 Å². The van der Waals surface area contributed by atoms with Gasteiger partial charge in [-0.2, -0.15) is 0 Å². The molecule has 0 fully saturated rings. The van der Waals surface area contributed by atoms with Crippen molar-refractivity contribution in [1.29, 1.82) is 0 Å². The third kappa shape index (κ3) is 48.9. The van der Waals surface area contributed by atoms with E-state index in [-0.39, 0.29) is 12.8 Å². The van der Waals surface area contributed by atoms with Crippen LogP contribution in [0, 0.1) is 0 Å².